The Kier molecular flexibility index (Phi) is 4.98. The molecular formula is C19H31NO. The maximum absolute atomic E-state index is 5.49. The molecular weight excluding hydrogens is 258 g/mol. The van der Waals surface area contributed by atoms with Crippen molar-refractivity contribution in [1.29, 1.82) is 0 Å². The fourth-order valence-corrected chi connectivity index (χ4v) is 4.12. The van der Waals surface area contributed by atoms with Crippen LogP contribution in [0.4, 0.5) is 0 Å². The van der Waals surface area contributed by atoms with Crippen LogP contribution in [0.3, 0.4) is 0 Å². The van der Waals surface area contributed by atoms with E-state index in [4.69, 9.17) is 4.74 Å². The van der Waals surface area contributed by atoms with Gasteiger partial charge in [-0.2, -0.15) is 0 Å². The minimum absolute atomic E-state index is 0.443. The molecule has 118 valence electrons. The Morgan fingerprint density at radius 2 is 1.62 bits per heavy atom. The summed E-state index contributed by atoms with van der Waals surface area (Å²) in [5, 5.41) is 3.76. The quantitative estimate of drug-likeness (QED) is 0.842. The molecule has 0 amide bonds. The monoisotopic (exact) mass is 289 g/mol. The highest BCUT2D eigenvalue weighted by Crippen LogP contribution is 2.45. The van der Waals surface area contributed by atoms with Gasteiger partial charge in [0.15, 0.2) is 0 Å². The van der Waals surface area contributed by atoms with E-state index in [1.807, 2.05) is 6.92 Å². The van der Waals surface area contributed by atoms with Crippen LogP contribution in [0, 0.1) is 10.8 Å². The summed E-state index contributed by atoms with van der Waals surface area (Å²) in [6, 6.07) is 9.08. The van der Waals surface area contributed by atoms with Crippen molar-refractivity contribution in [3.63, 3.8) is 0 Å². The van der Waals surface area contributed by atoms with Crippen molar-refractivity contribution in [2.75, 3.05) is 6.61 Å². The number of benzene rings is 1. The van der Waals surface area contributed by atoms with E-state index < -0.39 is 0 Å². The first-order valence-electron chi connectivity index (χ1n) is 8.25. The zero-order valence-corrected chi connectivity index (χ0v) is 14.3. The summed E-state index contributed by atoms with van der Waals surface area (Å²) < 4.78 is 5.49. The molecule has 1 aromatic rings. The average Bonchev–Trinajstić information content (AvgIpc) is 2.35. The number of hydrogen-bond donors (Lipinski definition) is 1. The molecule has 1 N–H and O–H groups in total. The maximum atomic E-state index is 5.49. The van der Waals surface area contributed by atoms with Gasteiger partial charge in [0.1, 0.15) is 5.75 Å². The van der Waals surface area contributed by atoms with Crippen molar-refractivity contribution in [3.05, 3.63) is 29.8 Å². The Labute approximate surface area is 130 Å². The Morgan fingerprint density at radius 3 is 2.14 bits per heavy atom. The third-order valence-electron chi connectivity index (χ3n) is 4.38. The highest BCUT2D eigenvalue weighted by atomic mass is 16.5. The lowest BCUT2D eigenvalue weighted by atomic mass is 9.63. The molecule has 0 spiro atoms. The summed E-state index contributed by atoms with van der Waals surface area (Å²) in [5.41, 5.74) is 2.22. The molecule has 2 nitrogen and oxygen atoms in total. The van der Waals surface area contributed by atoms with Gasteiger partial charge in [-0.15, -0.1) is 0 Å². The van der Waals surface area contributed by atoms with Gasteiger partial charge in [0.2, 0.25) is 0 Å². The van der Waals surface area contributed by atoms with Gasteiger partial charge < -0.3 is 10.1 Å². The van der Waals surface area contributed by atoms with Gasteiger partial charge in [-0.3, -0.25) is 0 Å². The van der Waals surface area contributed by atoms with E-state index in [1.54, 1.807) is 0 Å². The number of ether oxygens (including phenoxy) is 1. The molecule has 0 heterocycles. The predicted octanol–water partition coefficient (Wildman–Crippen LogP) is 4.78. The van der Waals surface area contributed by atoms with Crippen LogP contribution >= 0.6 is 0 Å². The van der Waals surface area contributed by atoms with E-state index in [9.17, 15) is 0 Å². The van der Waals surface area contributed by atoms with E-state index in [0.29, 0.717) is 16.9 Å². The molecule has 1 saturated carbocycles. The molecule has 0 bridgehead atoms. The molecule has 0 aliphatic heterocycles. The molecule has 0 unspecified atom stereocenters. The van der Waals surface area contributed by atoms with Gasteiger partial charge in [-0.25, -0.2) is 0 Å². The van der Waals surface area contributed by atoms with Crippen LogP contribution in [0.1, 0.15) is 59.4 Å². The van der Waals surface area contributed by atoms with E-state index in [2.05, 4.69) is 57.3 Å². The van der Waals surface area contributed by atoms with Gasteiger partial charge >= 0.3 is 0 Å². The van der Waals surface area contributed by atoms with Crippen LogP contribution in [0.5, 0.6) is 5.75 Å². The summed E-state index contributed by atoms with van der Waals surface area (Å²) in [5.74, 6) is 0.959. The van der Waals surface area contributed by atoms with Crippen molar-refractivity contribution in [3.8, 4) is 5.75 Å². The zero-order valence-electron chi connectivity index (χ0n) is 14.3. The van der Waals surface area contributed by atoms with E-state index in [-0.39, 0.29) is 0 Å². The highest BCUT2D eigenvalue weighted by molar-refractivity contribution is 5.27. The van der Waals surface area contributed by atoms with Crippen LogP contribution in [0.25, 0.3) is 0 Å². The molecule has 1 fully saturated rings. The molecule has 0 saturated heterocycles. The van der Waals surface area contributed by atoms with Gasteiger partial charge in [0, 0.05) is 12.6 Å². The smallest absolute Gasteiger partial charge is 0.119 e. The van der Waals surface area contributed by atoms with Gasteiger partial charge in [0.05, 0.1) is 6.61 Å². The molecule has 0 radical (unpaired) electrons. The maximum Gasteiger partial charge on any atom is 0.119 e. The summed E-state index contributed by atoms with van der Waals surface area (Å²) >= 11 is 0. The summed E-state index contributed by atoms with van der Waals surface area (Å²) in [7, 11) is 0. The predicted molar refractivity (Wildman–Crippen MR) is 89.7 cm³/mol. The van der Waals surface area contributed by atoms with Crippen molar-refractivity contribution >= 4 is 0 Å². The fourth-order valence-electron chi connectivity index (χ4n) is 4.12. The first kappa shape index (κ1) is 16.4. The summed E-state index contributed by atoms with van der Waals surface area (Å²) in [6.07, 6.45) is 3.86. The second kappa shape index (κ2) is 6.39. The Bertz CT molecular complexity index is 431. The fraction of sp³-hybridized carbons (Fsp3) is 0.684. The molecule has 1 aromatic carbocycles. The van der Waals surface area contributed by atoms with Crippen LogP contribution in [0.15, 0.2) is 24.3 Å². The van der Waals surface area contributed by atoms with Crippen molar-refractivity contribution in [1.82, 2.24) is 5.32 Å². The lowest BCUT2D eigenvalue weighted by Gasteiger charge is -2.45. The Morgan fingerprint density at radius 1 is 1.05 bits per heavy atom. The van der Waals surface area contributed by atoms with Gasteiger partial charge in [0.25, 0.3) is 0 Å². The first-order valence-corrected chi connectivity index (χ1v) is 8.25. The minimum atomic E-state index is 0.443. The van der Waals surface area contributed by atoms with Crippen molar-refractivity contribution < 1.29 is 4.74 Å². The second-order valence-corrected chi connectivity index (χ2v) is 8.07. The molecule has 0 atom stereocenters. The molecule has 1 aliphatic rings. The van der Waals surface area contributed by atoms with Crippen LogP contribution in [-0.4, -0.2) is 12.6 Å². The van der Waals surface area contributed by atoms with Gasteiger partial charge in [-0.1, -0.05) is 39.8 Å². The number of nitrogens with one attached hydrogen (secondary N) is 1. The van der Waals surface area contributed by atoms with Crippen molar-refractivity contribution in [2.45, 2.75) is 66.5 Å². The number of rotatable bonds is 5. The third-order valence-corrected chi connectivity index (χ3v) is 4.38. The normalized spacial score (nSPS) is 21.2. The number of hydrogen-bond acceptors (Lipinski definition) is 2. The molecule has 2 rings (SSSR count). The third kappa shape index (κ3) is 5.03. The molecule has 1 aliphatic carbocycles. The Hall–Kier alpha value is -1.02. The summed E-state index contributed by atoms with van der Waals surface area (Å²) in [6.45, 7) is 13.3. The minimum Gasteiger partial charge on any atom is -0.494 e. The Balaban J connectivity index is 1.90. The SMILES string of the molecule is CCOc1ccc(CNC2CC(C)(C)CC(C)(C)C2)cc1. The lowest BCUT2D eigenvalue weighted by molar-refractivity contribution is 0.0845. The van der Waals surface area contributed by atoms with Crippen LogP contribution in [-0.2, 0) is 6.54 Å². The highest BCUT2D eigenvalue weighted by Gasteiger charge is 2.38. The summed E-state index contributed by atoms with van der Waals surface area (Å²) in [4.78, 5) is 0. The van der Waals surface area contributed by atoms with E-state index in [1.165, 1.54) is 24.8 Å². The standard InChI is InChI=1S/C19H31NO/c1-6-21-17-9-7-15(8-10-17)13-20-16-11-18(2,3)14-19(4,5)12-16/h7-10,16,20H,6,11-14H2,1-5H3. The van der Waals surface area contributed by atoms with Crippen LogP contribution < -0.4 is 10.1 Å². The van der Waals surface area contributed by atoms with Crippen LogP contribution in [0.2, 0.25) is 0 Å². The largest absolute Gasteiger partial charge is 0.494 e. The average molecular weight is 289 g/mol. The van der Waals surface area contributed by atoms with Gasteiger partial charge in [-0.05, 0) is 54.7 Å². The topological polar surface area (TPSA) is 21.3 Å². The first-order chi connectivity index (χ1) is 9.80. The van der Waals surface area contributed by atoms with E-state index in [0.717, 1.165) is 18.9 Å². The molecule has 0 aromatic heterocycles. The molecule has 2 heteroatoms. The second-order valence-electron chi connectivity index (χ2n) is 8.07. The molecule has 21 heavy (non-hydrogen) atoms. The van der Waals surface area contributed by atoms with E-state index >= 15 is 0 Å². The lowest BCUT2D eigenvalue weighted by Crippen LogP contribution is -2.43. The van der Waals surface area contributed by atoms with Crippen molar-refractivity contribution in [2.24, 2.45) is 10.8 Å². The zero-order chi connectivity index (χ0) is 15.5.